The Morgan fingerprint density at radius 2 is 2.05 bits per heavy atom. The van der Waals surface area contributed by atoms with E-state index in [1.807, 2.05) is 0 Å². The van der Waals surface area contributed by atoms with Gasteiger partial charge in [0.2, 0.25) is 0 Å². The summed E-state index contributed by atoms with van der Waals surface area (Å²) in [6.45, 7) is 1.03. The minimum Gasteiger partial charge on any atom is -0.492 e. The lowest BCUT2D eigenvalue weighted by molar-refractivity contribution is 0.330. The maximum Gasteiger partial charge on any atom is 0.198 e. The molecule has 1 aromatic carbocycles. The molecule has 1 atom stereocenters. The van der Waals surface area contributed by atoms with E-state index in [0.717, 1.165) is 24.9 Å². The third-order valence-electron chi connectivity index (χ3n) is 3.49. The predicted molar refractivity (Wildman–Crippen MR) is 73.9 cm³/mol. The summed E-state index contributed by atoms with van der Waals surface area (Å²) >= 11 is 5.91. The van der Waals surface area contributed by atoms with E-state index in [2.05, 4.69) is 5.32 Å². The minimum atomic E-state index is -0.568. The predicted octanol–water partition coefficient (Wildman–Crippen LogP) is 3.18. The van der Waals surface area contributed by atoms with E-state index in [1.54, 1.807) is 6.07 Å². The molecule has 1 fully saturated rings. The van der Waals surface area contributed by atoms with Gasteiger partial charge < -0.3 is 14.8 Å². The highest BCUT2D eigenvalue weighted by Gasteiger charge is 2.22. The molecule has 1 aliphatic rings. The van der Waals surface area contributed by atoms with Crippen LogP contribution in [0.4, 0.5) is 4.39 Å². The van der Waals surface area contributed by atoms with Crippen LogP contribution >= 0.6 is 11.6 Å². The molecule has 1 aliphatic heterocycles. The fourth-order valence-electron chi connectivity index (χ4n) is 2.56. The van der Waals surface area contributed by atoms with Crippen LogP contribution in [-0.4, -0.2) is 26.8 Å². The van der Waals surface area contributed by atoms with Gasteiger partial charge in [0.15, 0.2) is 17.3 Å². The van der Waals surface area contributed by atoms with Crippen molar-refractivity contribution in [1.29, 1.82) is 0 Å². The van der Waals surface area contributed by atoms with Gasteiger partial charge in [0.1, 0.15) is 0 Å². The van der Waals surface area contributed by atoms with Crippen LogP contribution in [0.3, 0.4) is 0 Å². The van der Waals surface area contributed by atoms with Crippen molar-refractivity contribution in [2.45, 2.75) is 31.7 Å². The number of ether oxygens (including phenoxy) is 2. The van der Waals surface area contributed by atoms with Crippen molar-refractivity contribution in [3.63, 3.8) is 0 Å². The zero-order chi connectivity index (χ0) is 13.8. The molecule has 1 N–H and O–H groups in total. The second-order valence-corrected chi connectivity index (χ2v) is 5.16. The van der Waals surface area contributed by atoms with Gasteiger partial charge in [-0.05, 0) is 31.9 Å². The molecule has 1 heterocycles. The van der Waals surface area contributed by atoms with Gasteiger partial charge in [0.05, 0.1) is 19.2 Å². The van der Waals surface area contributed by atoms with Gasteiger partial charge in [-0.2, -0.15) is 0 Å². The smallest absolute Gasteiger partial charge is 0.198 e. The lowest BCUT2D eigenvalue weighted by Gasteiger charge is -2.24. The summed E-state index contributed by atoms with van der Waals surface area (Å²) in [4.78, 5) is 0. The van der Waals surface area contributed by atoms with Crippen LogP contribution in [0.2, 0.25) is 5.02 Å². The van der Waals surface area contributed by atoms with Crippen LogP contribution in [0.15, 0.2) is 6.07 Å². The molecular weight excluding hydrogens is 269 g/mol. The Labute approximate surface area is 118 Å². The quantitative estimate of drug-likeness (QED) is 0.923. The summed E-state index contributed by atoms with van der Waals surface area (Å²) in [5.41, 5.74) is 0.880. The molecule has 106 valence electrons. The van der Waals surface area contributed by atoms with Gasteiger partial charge in [0, 0.05) is 11.6 Å². The maximum atomic E-state index is 13.9. The Kier molecular flexibility index (Phi) is 4.88. The van der Waals surface area contributed by atoms with E-state index in [9.17, 15) is 4.39 Å². The first-order valence-electron chi connectivity index (χ1n) is 6.49. The summed E-state index contributed by atoms with van der Waals surface area (Å²) in [5.74, 6) is -0.0426. The molecule has 2 rings (SSSR count). The van der Waals surface area contributed by atoms with E-state index in [1.165, 1.54) is 27.1 Å². The van der Waals surface area contributed by atoms with E-state index in [-0.39, 0.29) is 10.8 Å². The summed E-state index contributed by atoms with van der Waals surface area (Å²) in [6.07, 6.45) is 4.30. The Hall–Kier alpha value is -1.00. The fourth-order valence-corrected chi connectivity index (χ4v) is 2.77. The summed E-state index contributed by atoms with van der Waals surface area (Å²) in [6, 6.07) is 2.02. The fraction of sp³-hybridized carbons (Fsp3) is 0.571. The number of rotatable bonds is 4. The second-order valence-electron chi connectivity index (χ2n) is 4.75. The van der Waals surface area contributed by atoms with Crippen LogP contribution in [0.5, 0.6) is 11.5 Å². The Morgan fingerprint density at radius 3 is 2.63 bits per heavy atom. The molecule has 0 spiro atoms. The van der Waals surface area contributed by atoms with Crippen molar-refractivity contribution in [2.75, 3.05) is 20.8 Å². The number of piperidine rings is 1. The zero-order valence-corrected chi connectivity index (χ0v) is 12.0. The van der Waals surface area contributed by atoms with Crippen molar-refractivity contribution >= 4 is 11.6 Å². The molecule has 1 aromatic rings. The van der Waals surface area contributed by atoms with Crippen LogP contribution in [0.25, 0.3) is 0 Å². The van der Waals surface area contributed by atoms with Crippen molar-refractivity contribution in [3.8, 4) is 11.5 Å². The maximum absolute atomic E-state index is 13.9. The van der Waals surface area contributed by atoms with E-state index in [0.29, 0.717) is 11.8 Å². The molecule has 0 amide bonds. The monoisotopic (exact) mass is 287 g/mol. The molecule has 19 heavy (non-hydrogen) atoms. The van der Waals surface area contributed by atoms with Gasteiger partial charge >= 0.3 is 0 Å². The molecule has 1 saturated heterocycles. The zero-order valence-electron chi connectivity index (χ0n) is 11.3. The average Bonchev–Trinajstić information content (AvgIpc) is 2.43. The third kappa shape index (κ3) is 3.12. The normalized spacial score (nSPS) is 19.3. The van der Waals surface area contributed by atoms with Gasteiger partial charge in [-0.1, -0.05) is 18.0 Å². The minimum absolute atomic E-state index is 0.0726. The number of methoxy groups -OCH3 is 2. The first kappa shape index (κ1) is 14.4. The van der Waals surface area contributed by atoms with Crippen molar-refractivity contribution in [3.05, 3.63) is 22.5 Å². The van der Waals surface area contributed by atoms with Crippen LogP contribution in [-0.2, 0) is 6.42 Å². The van der Waals surface area contributed by atoms with Crippen LogP contribution < -0.4 is 14.8 Å². The number of benzene rings is 1. The second kappa shape index (κ2) is 6.44. The lowest BCUT2D eigenvalue weighted by Crippen LogP contribution is -2.35. The van der Waals surface area contributed by atoms with Crippen molar-refractivity contribution < 1.29 is 13.9 Å². The van der Waals surface area contributed by atoms with E-state index < -0.39 is 5.82 Å². The highest BCUT2D eigenvalue weighted by molar-refractivity contribution is 6.31. The lowest BCUT2D eigenvalue weighted by atomic mass is 9.97. The molecule has 0 radical (unpaired) electrons. The molecule has 0 bridgehead atoms. The van der Waals surface area contributed by atoms with Gasteiger partial charge in [0.25, 0.3) is 0 Å². The van der Waals surface area contributed by atoms with Gasteiger partial charge in [-0.25, -0.2) is 4.39 Å². The van der Waals surface area contributed by atoms with Gasteiger partial charge in [-0.15, -0.1) is 0 Å². The van der Waals surface area contributed by atoms with Crippen LogP contribution in [0.1, 0.15) is 24.8 Å². The standard InChI is InChI=1S/C14H19ClFNO2/c1-18-13-9(7-10-5-3-4-6-17-10)8-11(15)12(16)14(13)19-2/h8,10,17H,3-7H2,1-2H3. The first-order valence-corrected chi connectivity index (χ1v) is 6.87. The molecular formula is C14H19ClFNO2. The van der Waals surface area contributed by atoms with E-state index in [4.69, 9.17) is 21.1 Å². The highest BCUT2D eigenvalue weighted by Crippen LogP contribution is 2.38. The largest absolute Gasteiger partial charge is 0.492 e. The molecule has 0 saturated carbocycles. The van der Waals surface area contributed by atoms with Crippen LogP contribution in [0, 0.1) is 5.82 Å². The molecule has 0 aromatic heterocycles. The molecule has 0 aliphatic carbocycles. The number of nitrogens with one attached hydrogen (secondary N) is 1. The Morgan fingerprint density at radius 1 is 1.32 bits per heavy atom. The highest BCUT2D eigenvalue weighted by atomic mass is 35.5. The topological polar surface area (TPSA) is 30.5 Å². The van der Waals surface area contributed by atoms with Gasteiger partial charge in [-0.3, -0.25) is 0 Å². The first-order chi connectivity index (χ1) is 9.17. The third-order valence-corrected chi connectivity index (χ3v) is 3.77. The van der Waals surface area contributed by atoms with Crippen molar-refractivity contribution in [2.24, 2.45) is 0 Å². The Bertz CT molecular complexity index is 448. The SMILES string of the molecule is COc1c(CC2CCCCN2)cc(Cl)c(F)c1OC. The number of halogens is 2. The number of hydrogen-bond acceptors (Lipinski definition) is 3. The molecule has 3 nitrogen and oxygen atoms in total. The Balaban J connectivity index is 2.30. The van der Waals surface area contributed by atoms with Crippen molar-refractivity contribution in [1.82, 2.24) is 5.32 Å². The average molecular weight is 288 g/mol. The summed E-state index contributed by atoms with van der Waals surface area (Å²) < 4.78 is 24.2. The molecule has 5 heteroatoms. The summed E-state index contributed by atoms with van der Waals surface area (Å²) in [7, 11) is 2.93. The van der Waals surface area contributed by atoms with E-state index >= 15 is 0 Å². The molecule has 1 unspecified atom stereocenters. The number of hydrogen-bond donors (Lipinski definition) is 1. The summed E-state index contributed by atoms with van der Waals surface area (Å²) in [5, 5.41) is 3.53.